The van der Waals surface area contributed by atoms with Crippen LogP contribution in [-0.2, 0) is 7.05 Å². The van der Waals surface area contributed by atoms with Gasteiger partial charge in [-0.25, -0.2) is 4.39 Å². The van der Waals surface area contributed by atoms with E-state index in [1.54, 1.807) is 22.9 Å². The van der Waals surface area contributed by atoms with E-state index < -0.39 is 0 Å². The summed E-state index contributed by atoms with van der Waals surface area (Å²) in [5, 5.41) is 7.56. The van der Waals surface area contributed by atoms with E-state index in [0.29, 0.717) is 19.7 Å². The van der Waals surface area contributed by atoms with Gasteiger partial charge in [-0.2, -0.15) is 5.10 Å². The molecule has 0 amide bonds. The Morgan fingerprint density at radius 1 is 1.32 bits per heavy atom. The van der Waals surface area contributed by atoms with E-state index in [2.05, 4.69) is 15.3 Å². The van der Waals surface area contributed by atoms with E-state index in [1.165, 1.54) is 6.07 Å². The molecule has 1 unspecified atom stereocenters. The summed E-state index contributed by atoms with van der Waals surface area (Å²) in [5.41, 5.74) is 1.12. The van der Waals surface area contributed by atoms with Gasteiger partial charge in [0.2, 0.25) is 0 Å². The molecule has 1 N–H and O–H groups in total. The van der Waals surface area contributed by atoms with Gasteiger partial charge in [0.1, 0.15) is 6.61 Å². The zero-order valence-electron chi connectivity index (χ0n) is 17.4. The van der Waals surface area contributed by atoms with Crippen LogP contribution >= 0.6 is 0 Å². The summed E-state index contributed by atoms with van der Waals surface area (Å²) in [7, 11) is 7.92. The molecule has 1 aromatic heterocycles. The van der Waals surface area contributed by atoms with Crippen LogP contribution < -0.4 is 10.1 Å². The van der Waals surface area contributed by atoms with E-state index in [4.69, 9.17) is 9.73 Å². The Kier molecular flexibility index (Phi) is 8.25. The molecule has 0 saturated carbocycles. The fourth-order valence-corrected chi connectivity index (χ4v) is 2.78. The number of halogens is 1. The number of ether oxygens (including phenoxy) is 1. The van der Waals surface area contributed by atoms with Crippen LogP contribution in [0.4, 0.5) is 4.39 Å². The topological polar surface area (TPSA) is 57.9 Å². The molecule has 0 radical (unpaired) electrons. The summed E-state index contributed by atoms with van der Waals surface area (Å²) in [6.07, 6.45) is 3.89. The highest BCUT2D eigenvalue weighted by Crippen LogP contribution is 2.18. The fourth-order valence-electron chi connectivity index (χ4n) is 2.78. The Balaban J connectivity index is 1.98. The average molecular weight is 391 g/mol. The lowest BCUT2D eigenvalue weighted by Gasteiger charge is -2.25. The maximum atomic E-state index is 13.7. The lowest BCUT2D eigenvalue weighted by atomic mass is 10.1. The maximum absolute atomic E-state index is 13.7. The number of nitrogens with one attached hydrogen (secondary N) is 1. The van der Waals surface area contributed by atoms with Crippen molar-refractivity contribution in [1.29, 1.82) is 0 Å². The number of guanidine groups is 1. The van der Waals surface area contributed by atoms with Crippen LogP contribution in [0.2, 0.25) is 0 Å². The molecule has 28 heavy (non-hydrogen) atoms. The van der Waals surface area contributed by atoms with Crippen molar-refractivity contribution in [1.82, 2.24) is 24.9 Å². The van der Waals surface area contributed by atoms with Crippen molar-refractivity contribution < 1.29 is 9.13 Å². The minimum atomic E-state index is -0.351. The second kappa shape index (κ2) is 10.7. The Hall–Kier alpha value is -2.61. The second-order valence-electron chi connectivity index (χ2n) is 6.82. The number of rotatable bonds is 9. The highest BCUT2D eigenvalue weighted by atomic mass is 19.1. The van der Waals surface area contributed by atoms with E-state index in [9.17, 15) is 4.39 Å². The van der Waals surface area contributed by atoms with E-state index in [-0.39, 0.29) is 17.6 Å². The first-order valence-corrected chi connectivity index (χ1v) is 9.44. The first-order valence-electron chi connectivity index (χ1n) is 9.44. The highest BCUT2D eigenvalue weighted by Gasteiger charge is 2.16. The number of hydrogen-bond donors (Lipinski definition) is 1. The van der Waals surface area contributed by atoms with Crippen LogP contribution in [0, 0.1) is 5.82 Å². The third kappa shape index (κ3) is 6.23. The molecule has 1 aromatic carbocycles. The molecule has 1 atom stereocenters. The van der Waals surface area contributed by atoms with Gasteiger partial charge in [0.15, 0.2) is 17.5 Å². The van der Waals surface area contributed by atoms with Gasteiger partial charge in [0, 0.05) is 32.4 Å². The summed E-state index contributed by atoms with van der Waals surface area (Å²) in [4.78, 5) is 8.90. The Labute approximate surface area is 166 Å². The van der Waals surface area contributed by atoms with Crippen molar-refractivity contribution in [3.05, 3.63) is 48.0 Å². The van der Waals surface area contributed by atoms with Crippen LogP contribution in [0.5, 0.6) is 5.75 Å². The first kappa shape index (κ1) is 21.7. The molecular weight excluding hydrogens is 359 g/mol. The average Bonchev–Trinajstić information content (AvgIpc) is 3.08. The largest absolute Gasteiger partial charge is 0.489 e. The molecule has 0 aliphatic carbocycles. The third-order valence-electron chi connectivity index (χ3n) is 4.36. The quantitative estimate of drug-likeness (QED) is 0.525. The van der Waals surface area contributed by atoms with E-state index in [0.717, 1.165) is 18.1 Å². The van der Waals surface area contributed by atoms with Crippen molar-refractivity contribution >= 4 is 5.96 Å². The van der Waals surface area contributed by atoms with Crippen molar-refractivity contribution in [2.45, 2.75) is 13.0 Å². The zero-order chi connectivity index (χ0) is 20.5. The minimum Gasteiger partial charge on any atom is -0.489 e. The summed E-state index contributed by atoms with van der Waals surface area (Å²) < 4.78 is 21.0. The van der Waals surface area contributed by atoms with Crippen LogP contribution in [0.1, 0.15) is 18.5 Å². The van der Waals surface area contributed by atoms with Gasteiger partial charge in [0.25, 0.3) is 0 Å². The van der Waals surface area contributed by atoms with Gasteiger partial charge in [-0.15, -0.1) is 0 Å². The normalized spacial score (nSPS) is 12.9. The van der Waals surface area contributed by atoms with Gasteiger partial charge in [-0.1, -0.05) is 12.1 Å². The summed E-state index contributed by atoms with van der Waals surface area (Å²) in [6, 6.07) is 6.56. The first-order chi connectivity index (χ1) is 13.4. The summed E-state index contributed by atoms with van der Waals surface area (Å²) in [5.74, 6) is 0.702. The molecule has 0 aliphatic rings. The van der Waals surface area contributed by atoms with Crippen molar-refractivity contribution in [2.75, 3.05) is 47.4 Å². The predicted octanol–water partition coefficient (Wildman–Crippen LogP) is 2.14. The van der Waals surface area contributed by atoms with Gasteiger partial charge in [-0.3, -0.25) is 9.67 Å². The van der Waals surface area contributed by atoms with Gasteiger partial charge in [0.05, 0.1) is 25.3 Å². The molecule has 7 nitrogen and oxygen atoms in total. The summed E-state index contributed by atoms with van der Waals surface area (Å²) >= 11 is 0. The lowest BCUT2D eigenvalue weighted by molar-refractivity contribution is 0.269. The van der Waals surface area contributed by atoms with E-state index in [1.807, 2.05) is 52.4 Å². The standard InChI is InChI=1S/C20H31FN6O/c1-6-22-20(23-14-18(25(2)3)16-13-24-27(5)15-16)26(4)11-12-28-19-10-8-7-9-17(19)21/h7-10,13,15,18H,6,11-12,14H2,1-5H3,(H,22,23). The molecule has 0 saturated heterocycles. The van der Waals surface area contributed by atoms with Crippen LogP contribution in [0.25, 0.3) is 0 Å². The Morgan fingerprint density at radius 3 is 2.68 bits per heavy atom. The molecule has 0 bridgehead atoms. The number of benzene rings is 1. The van der Waals surface area contributed by atoms with Crippen molar-refractivity contribution in [3.8, 4) is 5.75 Å². The summed E-state index contributed by atoms with van der Waals surface area (Å²) in [6.45, 7) is 4.33. The second-order valence-corrected chi connectivity index (χ2v) is 6.82. The number of likely N-dealkylation sites (N-methyl/N-ethyl adjacent to an activating group) is 2. The van der Waals surface area contributed by atoms with Crippen molar-refractivity contribution in [3.63, 3.8) is 0 Å². The predicted molar refractivity (Wildman–Crippen MR) is 110 cm³/mol. The molecular formula is C20H31FN6O. The number of hydrogen-bond acceptors (Lipinski definition) is 4. The molecule has 8 heteroatoms. The van der Waals surface area contributed by atoms with Gasteiger partial charge in [-0.05, 0) is 33.2 Å². The minimum absolute atomic E-state index is 0.130. The molecule has 2 aromatic rings. The molecule has 2 rings (SSSR count). The van der Waals surface area contributed by atoms with Crippen LogP contribution in [0.3, 0.4) is 0 Å². The fraction of sp³-hybridized carbons (Fsp3) is 0.500. The molecule has 0 spiro atoms. The maximum Gasteiger partial charge on any atom is 0.193 e. The number of aromatic nitrogens is 2. The monoisotopic (exact) mass is 390 g/mol. The smallest absolute Gasteiger partial charge is 0.193 e. The number of aliphatic imine (C=N–C) groups is 1. The third-order valence-corrected chi connectivity index (χ3v) is 4.36. The zero-order valence-corrected chi connectivity index (χ0v) is 17.4. The van der Waals surface area contributed by atoms with E-state index >= 15 is 0 Å². The molecule has 1 heterocycles. The number of para-hydroxylation sites is 1. The molecule has 154 valence electrons. The van der Waals surface area contributed by atoms with Crippen LogP contribution in [0.15, 0.2) is 41.7 Å². The highest BCUT2D eigenvalue weighted by molar-refractivity contribution is 5.79. The van der Waals surface area contributed by atoms with Crippen molar-refractivity contribution in [2.24, 2.45) is 12.0 Å². The SMILES string of the molecule is CCNC(=NCC(c1cnn(C)c1)N(C)C)N(C)CCOc1ccccc1F. The van der Waals surface area contributed by atoms with Gasteiger partial charge >= 0.3 is 0 Å². The number of aryl methyl sites for hydroxylation is 1. The Morgan fingerprint density at radius 2 is 2.07 bits per heavy atom. The molecule has 0 aliphatic heterocycles. The van der Waals surface area contributed by atoms with Crippen LogP contribution in [-0.4, -0.2) is 72.9 Å². The molecule has 0 fully saturated rings. The Bertz CT molecular complexity index is 761. The lowest BCUT2D eigenvalue weighted by Crippen LogP contribution is -2.41. The van der Waals surface area contributed by atoms with Gasteiger partial charge < -0.3 is 19.9 Å². The number of nitrogens with zero attached hydrogens (tertiary/aromatic N) is 5.